The summed E-state index contributed by atoms with van der Waals surface area (Å²) in [5.74, 6) is 0. The van der Waals surface area contributed by atoms with Crippen molar-refractivity contribution in [1.29, 1.82) is 0 Å². The van der Waals surface area contributed by atoms with Crippen LogP contribution in [0.25, 0.3) is 10.8 Å². The molecule has 0 spiro atoms. The van der Waals surface area contributed by atoms with E-state index in [1.165, 1.54) is 21.9 Å². The highest BCUT2D eigenvalue weighted by atomic mass is 16.1. The van der Waals surface area contributed by atoms with Crippen molar-refractivity contribution in [2.24, 2.45) is 0 Å². The molecule has 13 heavy (non-hydrogen) atoms. The first-order valence-corrected chi connectivity index (χ1v) is 4.38. The molecule has 0 saturated heterocycles. The lowest BCUT2D eigenvalue weighted by Gasteiger charge is -1.96. The lowest BCUT2D eigenvalue weighted by molar-refractivity contribution is 0.112. The molecule has 0 heterocycles. The van der Waals surface area contributed by atoms with Crippen LogP contribution >= 0.6 is 0 Å². The minimum absolute atomic E-state index is 0.758. The molecule has 0 N–H and O–H groups in total. The highest BCUT2D eigenvalue weighted by Crippen LogP contribution is 2.35. The SMILES string of the molecule is O=Cc1ccc2c3c(ccc2c1)C3. The third-order valence-electron chi connectivity index (χ3n) is 2.63. The number of hydrogen-bond acceptors (Lipinski definition) is 1. The van der Waals surface area contributed by atoms with E-state index in [1.54, 1.807) is 0 Å². The largest absolute Gasteiger partial charge is 0.298 e. The van der Waals surface area contributed by atoms with Crippen molar-refractivity contribution in [3.8, 4) is 0 Å². The first-order valence-electron chi connectivity index (χ1n) is 4.38. The molecule has 2 aromatic rings. The summed E-state index contributed by atoms with van der Waals surface area (Å²) in [5.41, 5.74) is 3.66. The molecule has 1 heteroatoms. The number of fused-ring (bicyclic) bond motifs is 3. The van der Waals surface area contributed by atoms with Gasteiger partial charge in [-0.05, 0) is 34.4 Å². The summed E-state index contributed by atoms with van der Waals surface area (Å²) in [7, 11) is 0. The Morgan fingerprint density at radius 1 is 1.15 bits per heavy atom. The highest BCUT2D eigenvalue weighted by molar-refractivity contribution is 5.94. The van der Waals surface area contributed by atoms with E-state index < -0.39 is 0 Å². The third kappa shape index (κ3) is 0.903. The lowest BCUT2D eigenvalue weighted by atomic mass is 10.1. The minimum Gasteiger partial charge on any atom is -0.298 e. The summed E-state index contributed by atoms with van der Waals surface area (Å²) in [6.45, 7) is 0. The highest BCUT2D eigenvalue weighted by Gasteiger charge is 2.18. The maximum Gasteiger partial charge on any atom is 0.150 e. The molecule has 0 atom stereocenters. The van der Waals surface area contributed by atoms with Gasteiger partial charge in [0.25, 0.3) is 0 Å². The van der Waals surface area contributed by atoms with Gasteiger partial charge in [-0.15, -0.1) is 0 Å². The number of benzene rings is 2. The van der Waals surface area contributed by atoms with Crippen LogP contribution in [-0.4, -0.2) is 6.29 Å². The zero-order valence-corrected chi connectivity index (χ0v) is 7.08. The second kappa shape index (κ2) is 2.19. The van der Waals surface area contributed by atoms with E-state index in [2.05, 4.69) is 12.1 Å². The molecule has 0 radical (unpaired) electrons. The molecule has 0 saturated carbocycles. The van der Waals surface area contributed by atoms with Crippen molar-refractivity contribution in [3.63, 3.8) is 0 Å². The van der Waals surface area contributed by atoms with E-state index in [0.717, 1.165) is 18.3 Å². The quantitative estimate of drug-likeness (QED) is 0.510. The maximum absolute atomic E-state index is 10.5. The smallest absolute Gasteiger partial charge is 0.150 e. The molecule has 0 bridgehead atoms. The van der Waals surface area contributed by atoms with Gasteiger partial charge in [-0.25, -0.2) is 0 Å². The Morgan fingerprint density at radius 2 is 2.08 bits per heavy atom. The molecular weight excluding hydrogens is 160 g/mol. The first-order chi connectivity index (χ1) is 6.38. The Morgan fingerprint density at radius 3 is 2.92 bits per heavy atom. The van der Waals surface area contributed by atoms with Crippen LogP contribution in [0.4, 0.5) is 0 Å². The molecule has 1 aliphatic carbocycles. The van der Waals surface area contributed by atoms with Crippen LogP contribution in [0.2, 0.25) is 0 Å². The van der Waals surface area contributed by atoms with E-state index in [1.807, 2.05) is 18.2 Å². The van der Waals surface area contributed by atoms with Crippen LogP contribution in [0.5, 0.6) is 0 Å². The second-order valence-electron chi connectivity index (χ2n) is 3.48. The van der Waals surface area contributed by atoms with Gasteiger partial charge in [0.15, 0.2) is 0 Å². The predicted molar refractivity (Wildman–Crippen MR) is 52.1 cm³/mol. The Bertz CT molecular complexity index is 512. The van der Waals surface area contributed by atoms with E-state index in [0.29, 0.717) is 0 Å². The number of carbonyl (C=O) groups excluding carboxylic acids is 1. The number of aldehydes is 1. The minimum atomic E-state index is 0.758. The van der Waals surface area contributed by atoms with Gasteiger partial charge in [0.2, 0.25) is 0 Å². The molecule has 3 rings (SSSR count). The normalized spacial score (nSPS) is 12.6. The van der Waals surface area contributed by atoms with E-state index >= 15 is 0 Å². The zero-order valence-electron chi connectivity index (χ0n) is 7.08. The second-order valence-corrected chi connectivity index (χ2v) is 3.48. The molecule has 1 aliphatic rings. The number of rotatable bonds is 1. The van der Waals surface area contributed by atoms with Crippen LogP contribution in [-0.2, 0) is 6.42 Å². The van der Waals surface area contributed by atoms with Crippen LogP contribution in [0.15, 0.2) is 30.3 Å². The third-order valence-corrected chi connectivity index (χ3v) is 2.63. The Kier molecular flexibility index (Phi) is 1.15. The van der Waals surface area contributed by atoms with Crippen molar-refractivity contribution in [2.45, 2.75) is 6.42 Å². The zero-order chi connectivity index (χ0) is 8.84. The van der Waals surface area contributed by atoms with Gasteiger partial charge in [0.1, 0.15) is 6.29 Å². The van der Waals surface area contributed by atoms with E-state index in [9.17, 15) is 4.79 Å². The first kappa shape index (κ1) is 6.84. The average Bonchev–Trinajstić information content (AvgIpc) is 2.95. The van der Waals surface area contributed by atoms with Crippen molar-refractivity contribution >= 4 is 17.1 Å². The topological polar surface area (TPSA) is 17.1 Å². The fourth-order valence-electron chi connectivity index (χ4n) is 1.83. The van der Waals surface area contributed by atoms with Crippen molar-refractivity contribution in [3.05, 3.63) is 47.0 Å². The molecule has 0 aromatic heterocycles. The van der Waals surface area contributed by atoms with Gasteiger partial charge in [0.05, 0.1) is 0 Å². The van der Waals surface area contributed by atoms with Crippen molar-refractivity contribution in [2.75, 3.05) is 0 Å². The summed E-state index contributed by atoms with van der Waals surface area (Å²) < 4.78 is 0. The Hall–Kier alpha value is -1.63. The molecule has 1 nitrogen and oxygen atoms in total. The Balaban J connectivity index is 2.39. The molecule has 62 valence electrons. The maximum atomic E-state index is 10.5. The summed E-state index contributed by atoms with van der Waals surface area (Å²) in [6.07, 6.45) is 2.02. The summed E-state index contributed by atoms with van der Waals surface area (Å²) in [6, 6.07) is 10.1. The van der Waals surface area contributed by atoms with Gasteiger partial charge >= 0.3 is 0 Å². The average molecular weight is 168 g/mol. The molecule has 0 unspecified atom stereocenters. The Labute approximate surface area is 76.0 Å². The summed E-state index contributed by atoms with van der Waals surface area (Å²) in [5, 5.41) is 2.49. The summed E-state index contributed by atoms with van der Waals surface area (Å²) >= 11 is 0. The fourth-order valence-corrected chi connectivity index (χ4v) is 1.83. The molecule has 2 aromatic carbocycles. The summed E-state index contributed by atoms with van der Waals surface area (Å²) in [4.78, 5) is 10.5. The molecule has 0 amide bonds. The standard InChI is InChI=1S/C12H8O/c13-7-8-1-4-11-9(5-8)2-3-10-6-12(10)11/h1-5,7H,6H2. The fraction of sp³-hybridized carbons (Fsp3) is 0.0833. The van der Waals surface area contributed by atoms with E-state index in [4.69, 9.17) is 0 Å². The van der Waals surface area contributed by atoms with Gasteiger partial charge in [0, 0.05) is 5.56 Å². The van der Waals surface area contributed by atoms with Crippen LogP contribution in [0.3, 0.4) is 0 Å². The van der Waals surface area contributed by atoms with Gasteiger partial charge < -0.3 is 0 Å². The monoisotopic (exact) mass is 168 g/mol. The predicted octanol–water partition coefficient (Wildman–Crippen LogP) is 2.56. The lowest BCUT2D eigenvalue weighted by Crippen LogP contribution is -1.79. The molecule has 0 aliphatic heterocycles. The molecular formula is C12H8O. The van der Waals surface area contributed by atoms with Crippen molar-refractivity contribution in [1.82, 2.24) is 0 Å². The van der Waals surface area contributed by atoms with E-state index in [-0.39, 0.29) is 0 Å². The van der Waals surface area contributed by atoms with Crippen LogP contribution in [0.1, 0.15) is 21.5 Å². The van der Waals surface area contributed by atoms with Crippen LogP contribution < -0.4 is 0 Å². The number of carbonyl (C=O) groups is 1. The number of hydrogen-bond donors (Lipinski definition) is 0. The molecule has 0 fully saturated rings. The van der Waals surface area contributed by atoms with Gasteiger partial charge in [-0.1, -0.05) is 24.3 Å². The van der Waals surface area contributed by atoms with Crippen LogP contribution in [0, 0.1) is 0 Å². The van der Waals surface area contributed by atoms with Gasteiger partial charge in [-0.3, -0.25) is 4.79 Å². The van der Waals surface area contributed by atoms with Crippen molar-refractivity contribution < 1.29 is 4.79 Å². The van der Waals surface area contributed by atoms with Gasteiger partial charge in [-0.2, -0.15) is 0 Å².